The fraction of sp³-hybridized carbons (Fsp3) is 0.429. The summed E-state index contributed by atoms with van der Waals surface area (Å²) >= 11 is 0. The summed E-state index contributed by atoms with van der Waals surface area (Å²) < 4.78 is 5.63. The van der Waals surface area contributed by atoms with Crippen LogP contribution < -0.4 is 10.5 Å². The molecule has 1 aliphatic rings. The molecule has 0 aromatic heterocycles. The quantitative estimate of drug-likeness (QED) is 0.618. The zero-order valence-electron chi connectivity index (χ0n) is 9.41. The van der Waals surface area contributed by atoms with Crippen molar-refractivity contribution in [2.75, 3.05) is 6.61 Å². The lowest BCUT2D eigenvalue weighted by Crippen LogP contribution is -2.05. The summed E-state index contributed by atoms with van der Waals surface area (Å²) in [5.74, 6) is 3.54. The van der Waals surface area contributed by atoms with Gasteiger partial charge in [0, 0.05) is 12.5 Å². The first-order chi connectivity index (χ1) is 7.81. The molecule has 0 amide bonds. The van der Waals surface area contributed by atoms with Crippen molar-refractivity contribution in [3.63, 3.8) is 0 Å². The maximum absolute atomic E-state index is 5.97. The number of benzene rings is 1. The van der Waals surface area contributed by atoms with E-state index in [1.54, 1.807) is 0 Å². The summed E-state index contributed by atoms with van der Waals surface area (Å²) in [7, 11) is 0. The van der Waals surface area contributed by atoms with Gasteiger partial charge in [0.1, 0.15) is 5.75 Å². The first-order valence-corrected chi connectivity index (χ1v) is 5.76. The van der Waals surface area contributed by atoms with Crippen LogP contribution in [0.25, 0.3) is 0 Å². The summed E-state index contributed by atoms with van der Waals surface area (Å²) in [6.45, 7) is 0.690. The minimum absolute atomic E-state index is 0.213. The van der Waals surface area contributed by atoms with Gasteiger partial charge < -0.3 is 10.5 Å². The largest absolute Gasteiger partial charge is 0.494 e. The Hall–Kier alpha value is -1.46. The molecule has 0 radical (unpaired) electrons. The van der Waals surface area contributed by atoms with Crippen LogP contribution in [0.15, 0.2) is 18.2 Å². The predicted molar refractivity (Wildman–Crippen MR) is 65.3 cm³/mol. The molecule has 0 saturated carbocycles. The Morgan fingerprint density at radius 1 is 1.50 bits per heavy atom. The second kappa shape index (κ2) is 5.05. The lowest BCUT2D eigenvalue weighted by Gasteiger charge is -2.08. The highest BCUT2D eigenvalue weighted by Crippen LogP contribution is 2.31. The van der Waals surface area contributed by atoms with Gasteiger partial charge in [-0.2, -0.15) is 0 Å². The van der Waals surface area contributed by atoms with E-state index >= 15 is 0 Å². The minimum atomic E-state index is 0.213. The van der Waals surface area contributed by atoms with E-state index in [-0.39, 0.29) is 6.04 Å². The molecule has 16 heavy (non-hydrogen) atoms. The molecule has 2 heteroatoms. The zero-order valence-corrected chi connectivity index (χ0v) is 9.41. The van der Waals surface area contributed by atoms with E-state index in [1.165, 1.54) is 11.1 Å². The summed E-state index contributed by atoms with van der Waals surface area (Å²) in [5, 5.41) is 0. The third-order valence-corrected chi connectivity index (χ3v) is 2.97. The Morgan fingerprint density at radius 2 is 2.38 bits per heavy atom. The molecular weight excluding hydrogens is 198 g/mol. The summed E-state index contributed by atoms with van der Waals surface area (Å²) in [6.07, 6.45) is 8.98. The fourth-order valence-electron chi connectivity index (χ4n) is 2.08. The Labute approximate surface area is 96.8 Å². The molecule has 84 valence electrons. The van der Waals surface area contributed by atoms with Crippen molar-refractivity contribution in [2.45, 2.75) is 31.7 Å². The molecule has 2 nitrogen and oxygen atoms in total. The molecule has 0 spiro atoms. The molecule has 0 heterocycles. The van der Waals surface area contributed by atoms with Crippen molar-refractivity contribution in [3.8, 4) is 18.1 Å². The van der Waals surface area contributed by atoms with Crippen molar-refractivity contribution in [2.24, 2.45) is 5.73 Å². The molecule has 0 bridgehead atoms. The van der Waals surface area contributed by atoms with Gasteiger partial charge in [-0.05, 0) is 42.5 Å². The van der Waals surface area contributed by atoms with Gasteiger partial charge in [0.25, 0.3) is 0 Å². The SMILES string of the molecule is C#CCCCOc1ccc2c(c1)CC[C@H]2N. The van der Waals surface area contributed by atoms with Crippen LogP contribution in [-0.4, -0.2) is 6.61 Å². The van der Waals surface area contributed by atoms with Gasteiger partial charge in [-0.15, -0.1) is 12.3 Å². The zero-order chi connectivity index (χ0) is 11.4. The lowest BCUT2D eigenvalue weighted by molar-refractivity contribution is 0.312. The molecule has 1 aromatic rings. The number of terminal acetylenes is 1. The van der Waals surface area contributed by atoms with Gasteiger partial charge in [0.15, 0.2) is 0 Å². The topological polar surface area (TPSA) is 35.2 Å². The van der Waals surface area contributed by atoms with Gasteiger partial charge in [-0.1, -0.05) is 6.07 Å². The third-order valence-electron chi connectivity index (χ3n) is 2.97. The standard InChI is InChI=1S/C14H17NO/c1-2-3-4-9-16-12-6-7-13-11(10-12)5-8-14(13)15/h1,6-7,10,14H,3-5,8-9,15H2/t14-/m1/s1. The first kappa shape index (κ1) is 11.0. The molecule has 1 aliphatic carbocycles. The summed E-state index contributed by atoms with van der Waals surface area (Å²) in [5.41, 5.74) is 8.58. The maximum atomic E-state index is 5.97. The number of nitrogens with two attached hydrogens (primary N) is 1. The van der Waals surface area contributed by atoms with Crippen LogP contribution in [0.5, 0.6) is 5.75 Å². The van der Waals surface area contributed by atoms with E-state index < -0.39 is 0 Å². The molecule has 2 N–H and O–H groups in total. The average Bonchev–Trinajstić information content (AvgIpc) is 2.66. The number of aryl methyl sites for hydroxylation is 1. The molecule has 0 unspecified atom stereocenters. The second-order valence-corrected chi connectivity index (χ2v) is 4.16. The van der Waals surface area contributed by atoms with Crippen LogP contribution in [0.3, 0.4) is 0 Å². The Balaban J connectivity index is 1.95. The normalized spacial score (nSPS) is 17.9. The lowest BCUT2D eigenvalue weighted by atomic mass is 10.1. The first-order valence-electron chi connectivity index (χ1n) is 5.76. The van der Waals surface area contributed by atoms with E-state index in [1.807, 2.05) is 6.07 Å². The number of rotatable bonds is 4. The fourth-order valence-corrected chi connectivity index (χ4v) is 2.08. The Kier molecular flexibility index (Phi) is 3.48. The van der Waals surface area contributed by atoms with Crippen molar-refractivity contribution in [1.82, 2.24) is 0 Å². The van der Waals surface area contributed by atoms with Crippen molar-refractivity contribution in [1.29, 1.82) is 0 Å². The van der Waals surface area contributed by atoms with Crippen molar-refractivity contribution in [3.05, 3.63) is 29.3 Å². The summed E-state index contributed by atoms with van der Waals surface area (Å²) in [6, 6.07) is 6.41. The molecule has 1 atom stereocenters. The van der Waals surface area contributed by atoms with Crippen LogP contribution in [0.4, 0.5) is 0 Å². The van der Waals surface area contributed by atoms with Crippen LogP contribution >= 0.6 is 0 Å². The number of hydrogen-bond acceptors (Lipinski definition) is 2. The predicted octanol–water partition coefficient (Wildman–Crippen LogP) is 2.42. The van der Waals surface area contributed by atoms with E-state index in [9.17, 15) is 0 Å². The average molecular weight is 215 g/mol. The highest BCUT2D eigenvalue weighted by molar-refractivity contribution is 5.40. The Morgan fingerprint density at radius 3 is 3.19 bits per heavy atom. The van der Waals surface area contributed by atoms with Crippen molar-refractivity contribution >= 4 is 0 Å². The van der Waals surface area contributed by atoms with Crippen LogP contribution in [0, 0.1) is 12.3 Å². The number of hydrogen-bond donors (Lipinski definition) is 1. The molecule has 0 fully saturated rings. The smallest absolute Gasteiger partial charge is 0.119 e. The van der Waals surface area contributed by atoms with Gasteiger partial charge in [0.05, 0.1) is 6.61 Å². The van der Waals surface area contributed by atoms with Gasteiger partial charge in [-0.25, -0.2) is 0 Å². The highest BCUT2D eigenvalue weighted by atomic mass is 16.5. The molecule has 2 rings (SSSR count). The van der Waals surface area contributed by atoms with Crippen LogP contribution in [0.2, 0.25) is 0 Å². The van der Waals surface area contributed by atoms with Gasteiger partial charge >= 0.3 is 0 Å². The maximum Gasteiger partial charge on any atom is 0.119 e. The number of ether oxygens (including phenoxy) is 1. The van der Waals surface area contributed by atoms with Crippen molar-refractivity contribution < 1.29 is 4.74 Å². The third kappa shape index (κ3) is 2.37. The molecular formula is C14H17NO. The van der Waals surface area contributed by atoms with Crippen LogP contribution in [-0.2, 0) is 6.42 Å². The van der Waals surface area contributed by atoms with E-state index in [2.05, 4.69) is 18.1 Å². The number of fused-ring (bicyclic) bond motifs is 1. The molecule has 1 aromatic carbocycles. The highest BCUT2D eigenvalue weighted by Gasteiger charge is 2.18. The molecule has 0 aliphatic heterocycles. The van der Waals surface area contributed by atoms with Gasteiger partial charge in [0.2, 0.25) is 0 Å². The summed E-state index contributed by atoms with van der Waals surface area (Å²) in [4.78, 5) is 0. The Bertz CT molecular complexity index is 406. The second-order valence-electron chi connectivity index (χ2n) is 4.16. The van der Waals surface area contributed by atoms with Gasteiger partial charge in [-0.3, -0.25) is 0 Å². The van der Waals surface area contributed by atoms with Crippen LogP contribution in [0.1, 0.15) is 36.4 Å². The van der Waals surface area contributed by atoms with E-state index in [0.717, 1.165) is 31.4 Å². The number of unbranched alkanes of at least 4 members (excludes halogenated alkanes) is 1. The minimum Gasteiger partial charge on any atom is -0.494 e. The van der Waals surface area contributed by atoms with E-state index in [4.69, 9.17) is 16.9 Å². The monoisotopic (exact) mass is 215 g/mol. The van der Waals surface area contributed by atoms with E-state index in [0.29, 0.717) is 6.61 Å². The molecule has 0 saturated heterocycles.